The van der Waals surface area contributed by atoms with Crippen LogP contribution in [0.25, 0.3) is 22.0 Å². The molecule has 1 aromatic heterocycles. The Morgan fingerprint density at radius 3 is 2.39 bits per heavy atom. The van der Waals surface area contributed by atoms with Crippen molar-refractivity contribution in [2.24, 2.45) is 0 Å². The van der Waals surface area contributed by atoms with Crippen molar-refractivity contribution in [2.75, 3.05) is 17.2 Å². The average Bonchev–Trinajstić information content (AvgIpc) is 2.85. The predicted molar refractivity (Wildman–Crippen MR) is 134 cm³/mol. The number of thioether (sulfide) groups is 1. The maximum absolute atomic E-state index is 13.2. The first kappa shape index (κ1) is 22.5. The van der Waals surface area contributed by atoms with Gasteiger partial charge in [-0.2, -0.15) is 5.26 Å². The molecule has 1 amide bonds. The highest BCUT2D eigenvalue weighted by Gasteiger charge is 2.18. The van der Waals surface area contributed by atoms with Crippen molar-refractivity contribution in [2.45, 2.75) is 25.3 Å². The fourth-order valence-corrected chi connectivity index (χ4v) is 4.50. The normalized spacial score (nSPS) is 10.7. The highest BCUT2D eigenvalue weighted by molar-refractivity contribution is 8.00. The zero-order valence-corrected chi connectivity index (χ0v) is 19.5. The molecule has 0 atom stereocenters. The van der Waals surface area contributed by atoms with Gasteiger partial charge in [-0.25, -0.2) is 0 Å². The molecule has 4 aromatic rings. The Labute approximate surface area is 198 Å². The van der Waals surface area contributed by atoms with Crippen LogP contribution in [-0.4, -0.2) is 28.4 Å². The van der Waals surface area contributed by atoms with Crippen LogP contribution in [0, 0.1) is 25.2 Å². The van der Waals surface area contributed by atoms with Crippen molar-refractivity contribution >= 4 is 34.1 Å². The maximum Gasteiger partial charge on any atom is 0.237 e. The number of nitriles is 1. The molecule has 0 unspecified atom stereocenters. The monoisotopic (exact) mass is 452 g/mol. The third-order valence-corrected chi connectivity index (χ3v) is 6.55. The Morgan fingerprint density at radius 1 is 0.939 bits per heavy atom. The molecular weight excluding hydrogens is 428 g/mol. The van der Waals surface area contributed by atoms with Gasteiger partial charge in [-0.05, 0) is 37.1 Å². The first-order chi connectivity index (χ1) is 16.1. The van der Waals surface area contributed by atoms with Crippen LogP contribution in [0.15, 0.2) is 77.8 Å². The lowest BCUT2D eigenvalue weighted by Crippen LogP contribution is -2.33. The molecule has 0 aliphatic heterocycles. The van der Waals surface area contributed by atoms with Gasteiger partial charge in [0.1, 0.15) is 10.7 Å². The van der Waals surface area contributed by atoms with Crippen LogP contribution in [0.5, 0.6) is 0 Å². The molecule has 164 valence electrons. The summed E-state index contributed by atoms with van der Waals surface area (Å²) in [7, 11) is 0. The van der Waals surface area contributed by atoms with E-state index in [2.05, 4.69) is 16.3 Å². The topological polar surface area (TPSA) is 69.9 Å². The standard InChI is InChI=1S/C27H24N4OS/c1-19-13-14-22(17-20(19)2)31(16-8-15-28)25(32)18-33-27-24-12-7-6-11-23(24)26(29-30-27)21-9-4-3-5-10-21/h3-7,9-14,17H,8,16,18H2,1-2H3. The van der Waals surface area contributed by atoms with Gasteiger partial charge in [-0.1, -0.05) is 72.4 Å². The second kappa shape index (κ2) is 10.3. The van der Waals surface area contributed by atoms with Gasteiger partial charge in [0.05, 0.1) is 18.2 Å². The summed E-state index contributed by atoms with van der Waals surface area (Å²) in [6, 6.07) is 26.1. The molecule has 0 radical (unpaired) electrons. The fraction of sp³-hybridized carbons (Fsp3) is 0.185. The van der Waals surface area contributed by atoms with Crippen LogP contribution in [-0.2, 0) is 4.79 Å². The van der Waals surface area contributed by atoms with Gasteiger partial charge in [0.25, 0.3) is 0 Å². The van der Waals surface area contributed by atoms with E-state index in [9.17, 15) is 4.79 Å². The van der Waals surface area contributed by atoms with Crippen LogP contribution >= 0.6 is 11.8 Å². The number of rotatable bonds is 7. The van der Waals surface area contributed by atoms with Crippen LogP contribution < -0.4 is 4.90 Å². The average molecular weight is 453 g/mol. The van der Waals surface area contributed by atoms with Crippen molar-refractivity contribution < 1.29 is 4.79 Å². The maximum atomic E-state index is 13.2. The van der Waals surface area contributed by atoms with E-state index in [1.165, 1.54) is 17.3 Å². The summed E-state index contributed by atoms with van der Waals surface area (Å²) in [5.41, 5.74) is 4.93. The van der Waals surface area contributed by atoms with Crippen molar-refractivity contribution in [3.63, 3.8) is 0 Å². The number of fused-ring (bicyclic) bond motifs is 1. The van der Waals surface area contributed by atoms with E-state index in [0.29, 0.717) is 6.54 Å². The molecule has 4 rings (SSSR count). The van der Waals surface area contributed by atoms with Gasteiger partial charge in [0.2, 0.25) is 5.91 Å². The molecule has 0 aliphatic rings. The van der Waals surface area contributed by atoms with Crippen molar-refractivity contribution in [1.29, 1.82) is 5.26 Å². The van der Waals surface area contributed by atoms with Gasteiger partial charge in [0.15, 0.2) is 0 Å². The van der Waals surface area contributed by atoms with Gasteiger partial charge in [-0.15, -0.1) is 10.2 Å². The molecular formula is C27H24N4OS. The van der Waals surface area contributed by atoms with Crippen LogP contribution in [0.1, 0.15) is 17.5 Å². The third-order valence-electron chi connectivity index (χ3n) is 5.58. The minimum Gasteiger partial charge on any atom is -0.311 e. The van der Waals surface area contributed by atoms with Crippen LogP contribution in [0.3, 0.4) is 0 Å². The second-order valence-electron chi connectivity index (χ2n) is 7.78. The third kappa shape index (κ3) is 5.05. The van der Waals surface area contributed by atoms with Gasteiger partial charge < -0.3 is 4.90 Å². The van der Waals surface area contributed by atoms with Gasteiger partial charge >= 0.3 is 0 Å². The second-order valence-corrected chi connectivity index (χ2v) is 8.74. The van der Waals surface area contributed by atoms with Crippen LogP contribution in [0.2, 0.25) is 0 Å². The first-order valence-corrected chi connectivity index (χ1v) is 11.7. The molecule has 6 heteroatoms. The van der Waals surface area contributed by atoms with E-state index in [1.54, 1.807) is 4.90 Å². The Morgan fingerprint density at radius 2 is 1.67 bits per heavy atom. The number of hydrogen-bond donors (Lipinski definition) is 0. The number of carbonyl (C=O) groups excluding carboxylic acids is 1. The molecule has 33 heavy (non-hydrogen) atoms. The van der Waals surface area contributed by atoms with E-state index in [4.69, 9.17) is 5.26 Å². The zero-order chi connectivity index (χ0) is 23.2. The molecule has 0 aliphatic carbocycles. The number of nitrogens with zero attached hydrogens (tertiary/aromatic N) is 4. The number of aromatic nitrogens is 2. The summed E-state index contributed by atoms with van der Waals surface area (Å²) in [6.07, 6.45) is 0.276. The van der Waals surface area contributed by atoms with E-state index in [0.717, 1.165) is 38.3 Å². The lowest BCUT2D eigenvalue weighted by molar-refractivity contribution is -0.116. The molecule has 0 saturated carbocycles. The van der Waals surface area contributed by atoms with E-state index in [1.807, 2.05) is 86.6 Å². The van der Waals surface area contributed by atoms with Crippen molar-refractivity contribution in [3.05, 3.63) is 83.9 Å². The Balaban J connectivity index is 1.60. The Bertz CT molecular complexity index is 1330. The van der Waals surface area contributed by atoms with Gasteiger partial charge in [0, 0.05) is 28.6 Å². The zero-order valence-electron chi connectivity index (χ0n) is 18.7. The Kier molecular flexibility index (Phi) is 7.01. The van der Waals surface area contributed by atoms with E-state index >= 15 is 0 Å². The largest absolute Gasteiger partial charge is 0.311 e. The first-order valence-electron chi connectivity index (χ1n) is 10.8. The van der Waals surface area contributed by atoms with Crippen molar-refractivity contribution in [1.82, 2.24) is 10.2 Å². The summed E-state index contributed by atoms with van der Waals surface area (Å²) in [5.74, 6) is 0.151. The molecule has 0 bridgehead atoms. The Hall–Kier alpha value is -3.69. The summed E-state index contributed by atoms with van der Waals surface area (Å²) in [6.45, 7) is 4.42. The summed E-state index contributed by atoms with van der Waals surface area (Å²) in [4.78, 5) is 14.9. The minimum atomic E-state index is -0.0588. The fourth-order valence-electron chi connectivity index (χ4n) is 3.66. The van der Waals surface area contributed by atoms with Crippen molar-refractivity contribution in [3.8, 4) is 17.3 Å². The number of carbonyl (C=O) groups is 1. The van der Waals surface area contributed by atoms with E-state index < -0.39 is 0 Å². The molecule has 0 spiro atoms. The molecule has 0 N–H and O–H groups in total. The predicted octanol–water partition coefficient (Wildman–Crippen LogP) is 5.95. The summed E-state index contributed by atoms with van der Waals surface area (Å²) in [5, 5.41) is 20.7. The lowest BCUT2D eigenvalue weighted by Gasteiger charge is -2.22. The lowest BCUT2D eigenvalue weighted by atomic mass is 10.1. The molecule has 0 fully saturated rings. The molecule has 3 aromatic carbocycles. The smallest absolute Gasteiger partial charge is 0.237 e. The highest BCUT2D eigenvalue weighted by Crippen LogP contribution is 2.32. The summed E-state index contributed by atoms with van der Waals surface area (Å²) >= 11 is 1.38. The van der Waals surface area contributed by atoms with E-state index in [-0.39, 0.29) is 18.1 Å². The molecule has 0 saturated heterocycles. The quantitative estimate of drug-likeness (QED) is 0.324. The summed E-state index contributed by atoms with van der Waals surface area (Å²) < 4.78 is 0. The SMILES string of the molecule is Cc1ccc(N(CCC#N)C(=O)CSc2nnc(-c3ccccc3)c3ccccc23)cc1C. The number of amides is 1. The number of benzene rings is 3. The number of anilines is 1. The number of aryl methyl sites for hydroxylation is 2. The van der Waals surface area contributed by atoms with Gasteiger partial charge in [-0.3, -0.25) is 4.79 Å². The molecule has 1 heterocycles. The number of hydrogen-bond acceptors (Lipinski definition) is 5. The minimum absolute atomic E-state index is 0.0588. The highest BCUT2D eigenvalue weighted by atomic mass is 32.2. The molecule has 5 nitrogen and oxygen atoms in total. The van der Waals surface area contributed by atoms with Crippen LogP contribution in [0.4, 0.5) is 5.69 Å².